The highest BCUT2D eigenvalue weighted by Crippen LogP contribution is 2.21. The van der Waals surface area contributed by atoms with Crippen molar-refractivity contribution < 1.29 is 4.42 Å². The molecule has 1 N–H and O–H groups in total. The number of rotatable bonds is 4. The molecule has 0 fully saturated rings. The predicted octanol–water partition coefficient (Wildman–Crippen LogP) is 3.76. The van der Waals surface area contributed by atoms with E-state index in [1.54, 1.807) is 11.3 Å². The van der Waals surface area contributed by atoms with Crippen molar-refractivity contribution in [3.05, 3.63) is 39.7 Å². The molecular weight excluding hydrogens is 232 g/mol. The lowest BCUT2D eigenvalue weighted by molar-refractivity contribution is 0.390. The highest BCUT2D eigenvalue weighted by molar-refractivity contribution is 7.09. The summed E-state index contributed by atoms with van der Waals surface area (Å²) in [6.45, 7) is 8.22. The monoisotopic (exact) mass is 250 g/mol. The fourth-order valence-corrected chi connectivity index (χ4v) is 2.51. The summed E-state index contributed by atoms with van der Waals surface area (Å²) in [4.78, 5) is 4.49. The van der Waals surface area contributed by atoms with Gasteiger partial charge < -0.3 is 4.42 Å². The quantitative estimate of drug-likeness (QED) is 0.897. The lowest BCUT2D eigenvalue weighted by Crippen LogP contribution is -2.22. The minimum Gasteiger partial charge on any atom is -0.465 e. The van der Waals surface area contributed by atoms with Crippen molar-refractivity contribution in [1.29, 1.82) is 0 Å². The summed E-state index contributed by atoms with van der Waals surface area (Å²) >= 11 is 1.69. The van der Waals surface area contributed by atoms with Gasteiger partial charge in [0.1, 0.15) is 11.5 Å². The zero-order chi connectivity index (χ0) is 12.4. The van der Waals surface area contributed by atoms with Crippen LogP contribution >= 0.6 is 11.3 Å². The van der Waals surface area contributed by atoms with Crippen molar-refractivity contribution in [2.75, 3.05) is 0 Å². The Bertz CT molecular complexity index is 445. The van der Waals surface area contributed by atoms with Gasteiger partial charge in [-0.3, -0.25) is 5.32 Å². The second kappa shape index (κ2) is 5.02. The third-order valence-electron chi connectivity index (χ3n) is 2.77. The van der Waals surface area contributed by atoms with Gasteiger partial charge in [-0.15, -0.1) is 11.3 Å². The summed E-state index contributed by atoms with van der Waals surface area (Å²) in [6.07, 6.45) is 0. The van der Waals surface area contributed by atoms with Gasteiger partial charge in [0.25, 0.3) is 0 Å². The molecule has 3 nitrogen and oxygen atoms in total. The zero-order valence-electron chi connectivity index (χ0n) is 10.7. The van der Waals surface area contributed by atoms with Gasteiger partial charge in [-0.25, -0.2) is 4.98 Å². The number of hydrogen-bond acceptors (Lipinski definition) is 4. The molecule has 92 valence electrons. The molecule has 0 aromatic carbocycles. The number of furan rings is 1. The van der Waals surface area contributed by atoms with Gasteiger partial charge in [-0.2, -0.15) is 0 Å². The Balaban J connectivity index is 2.01. The summed E-state index contributed by atoms with van der Waals surface area (Å²) < 4.78 is 5.61. The van der Waals surface area contributed by atoms with E-state index in [-0.39, 0.29) is 12.1 Å². The molecule has 0 aliphatic rings. The Morgan fingerprint density at radius 1 is 1.24 bits per heavy atom. The average molecular weight is 250 g/mol. The fourth-order valence-electron chi connectivity index (χ4n) is 1.81. The fraction of sp³-hybridized carbons (Fsp3) is 0.462. The third-order valence-corrected chi connectivity index (χ3v) is 3.56. The van der Waals surface area contributed by atoms with Crippen molar-refractivity contribution >= 4 is 11.3 Å². The number of hydrogen-bond donors (Lipinski definition) is 1. The van der Waals surface area contributed by atoms with Gasteiger partial charge in [-0.1, -0.05) is 0 Å². The van der Waals surface area contributed by atoms with Crippen molar-refractivity contribution in [3.63, 3.8) is 0 Å². The lowest BCUT2D eigenvalue weighted by Gasteiger charge is -2.16. The van der Waals surface area contributed by atoms with Crippen molar-refractivity contribution in [3.8, 4) is 0 Å². The summed E-state index contributed by atoms with van der Waals surface area (Å²) in [5, 5.41) is 6.70. The van der Waals surface area contributed by atoms with Gasteiger partial charge in [0, 0.05) is 11.4 Å². The van der Waals surface area contributed by atoms with Crippen LogP contribution in [0.5, 0.6) is 0 Å². The van der Waals surface area contributed by atoms with E-state index in [0.717, 1.165) is 22.2 Å². The third kappa shape index (κ3) is 2.96. The molecule has 2 unspecified atom stereocenters. The molecule has 0 saturated carbocycles. The van der Waals surface area contributed by atoms with Crippen LogP contribution in [0.3, 0.4) is 0 Å². The first-order chi connectivity index (χ1) is 8.06. The van der Waals surface area contributed by atoms with Crippen LogP contribution in [0, 0.1) is 13.8 Å². The topological polar surface area (TPSA) is 38.1 Å². The molecule has 2 aromatic heterocycles. The molecule has 0 amide bonds. The first-order valence-electron chi connectivity index (χ1n) is 5.80. The van der Waals surface area contributed by atoms with Crippen LogP contribution in [0.4, 0.5) is 0 Å². The summed E-state index contributed by atoms with van der Waals surface area (Å²) in [5.74, 6) is 1.92. The van der Waals surface area contributed by atoms with Crippen LogP contribution in [-0.4, -0.2) is 4.98 Å². The van der Waals surface area contributed by atoms with Crippen LogP contribution in [0.25, 0.3) is 0 Å². The average Bonchev–Trinajstić information content (AvgIpc) is 2.87. The van der Waals surface area contributed by atoms with Crippen molar-refractivity contribution in [2.45, 2.75) is 39.8 Å². The summed E-state index contributed by atoms with van der Waals surface area (Å²) in [7, 11) is 0. The van der Waals surface area contributed by atoms with Gasteiger partial charge in [-0.05, 0) is 39.8 Å². The maximum atomic E-state index is 5.61. The van der Waals surface area contributed by atoms with E-state index >= 15 is 0 Å². The molecule has 0 saturated heterocycles. The van der Waals surface area contributed by atoms with Crippen LogP contribution in [0.1, 0.15) is 48.2 Å². The Kier molecular flexibility index (Phi) is 3.64. The van der Waals surface area contributed by atoms with Crippen LogP contribution in [0.15, 0.2) is 21.9 Å². The normalized spacial score (nSPS) is 14.8. The predicted molar refractivity (Wildman–Crippen MR) is 70.3 cm³/mol. The van der Waals surface area contributed by atoms with Crippen LogP contribution in [0.2, 0.25) is 0 Å². The van der Waals surface area contributed by atoms with Crippen LogP contribution in [-0.2, 0) is 0 Å². The second-order valence-corrected chi connectivity index (χ2v) is 5.41. The van der Waals surface area contributed by atoms with Gasteiger partial charge in [0.15, 0.2) is 0 Å². The molecule has 2 aromatic rings. The minimum absolute atomic E-state index is 0.195. The number of nitrogens with zero attached hydrogens (tertiary/aromatic N) is 1. The molecule has 17 heavy (non-hydrogen) atoms. The summed E-state index contributed by atoms with van der Waals surface area (Å²) in [6, 6.07) is 4.44. The largest absolute Gasteiger partial charge is 0.465 e. The molecule has 2 heterocycles. The van der Waals surface area contributed by atoms with Gasteiger partial charge in [0.2, 0.25) is 0 Å². The zero-order valence-corrected chi connectivity index (χ0v) is 11.5. The highest BCUT2D eigenvalue weighted by atomic mass is 32.1. The molecule has 2 rings (SSSR count). The minimum atomic E-state index is 0.195. The lowest BCUT2D eigenvalue weighted by atomic mass is 10.2. The molecule has 0 aliphatic carbocycles. The van der Waals surface area contributed by atoms with Crippen molar-refractivity contribution in [2.24, 2.45) is 0 Å². The second-order valence-electron chi connectivity index (χ2n) is 4.35. The Morgan fingerprint density at radius 3 is 2.53 bits per heavy atom. The molecule has 0 radical (unpaired) electrons. The van der Waals surface area contributed by atoms with E-state index in [9.17, 15) is 0 Å². The van der Waals surface area contributed by atoms with E-state index in [2.05, 4.69) is 29.5 Å². The van der Waals surface area contributed by atoms with E-state index in [0.29, 0.717) is 0 Å². The number of aromatic nitrogens is 1. The molecule has 2 atom stereocenters. The van der Waals surface area contributed by atoms with Crippen molar-refractivity contribution in [1.82, 2.24) is 10.3 Å². The molecule has 0 spiro atoms. The van der Waals surface area contributed by atoms with E-state index in [4.69, 9.17) is 4.42 Å². The maximum Gasteiger partial charge on any atom is 0.120 e. The number of aryl methyl sites for hydroxylation is 2. The van der Waals surface area contributed by atoms with Crippen LogP contribution < -0.4 is 5.32 Å². The first-order valence-corrected chi connectivity index (χ1v) is 6.68. The molecule has 0 aliphatic heterocycles. The Labute approximate surface area is 106 Å². The first kappa shape index (κ1) is 12.3. The van der Waals surface area contributed by atoms with Gasteiger partial charge in [0.05, 0.1) is 16.7 Å². The number of nitrogens with one attached hydrogen (secondary N) is 1. The maximum absolute atomic E-state index is 5.61. The Hall–Kier alpha value is -1.13. The standard InChI is InChI=1S/C13H18N2OS/c1-8-5-6-13(16-8)10(3)14-9(2)12-7-17-11(4)15-12/h5-7,9-10,14H,1-4H3. The smallest absolute Gasteiger partial charge is 0.120 e. The molecule has 0 bridgehead atoms. The van der Waals surface area contributed by atoms with E-state index in [1.807, 2.05) is 26.0 Å². The van der Waals surface area contributed by atoms with E-state index in [1.165, 1.54) is 0 Å². The molecule has 4 heteroatoms. The van der Waals surface area contributed by atoms with Gasteiger partial charge >= 0.3 is 0 Å². The molecular formula is C13H18N2OS. The number of thiazole rings is 1. The highest BCUT2D eigenvalue weighted by Gasteiger charge is 2.15. The van der Waals surface area contributed by atoms with E-state index < -0.39 is 0 Å². The Morgan fingerprint density at radius 2 is 2.00 bits per heavy atom. The summed E-state index contributed by atoms with van der Waals surface area (Å²) in [5.41, 5.74) is 1.10. The SMILES string of the molecule is Cc1ccc(C(C)NC(C)c2csc(C)n2)o1.